The highest BCUT2D eigenvalue weighted by Crippen LogP contribution is 2.56. The van der Waals surface area contributed by atoms with E-state index in [1.165, 1.54) is 24.0 Å². The molecular weight excluding hydrogens is 350 g/mol. The van der Waals surface area contributed by atoms with Crippen molar-refractivity contribution in [3.63, 3.8) is 0 Å². The molecule has 28 heavy (non-hydrogen) atoms. The van der Waals surface area contributed by atoms with Gasteiger partial charge < -0.3 is 14.8 Å². The van der Waals surface area contributed by atoms with Gasteiger partial charge in [0.15, 0.2) is 0 Å². The molecule has 0 aromatic heterocycles. The SMILES string of the molecule is C=C1CCCC2(C)CC3OC(=O)C(CNCCc4ccc(OC)cc4)C3CC12. The predicted molar refractivity (Wildman–Crippen MR) is 110 cm³/mol. The lowest BCUT2D eigenvalue weighted by molar-refractivity contribution is -0.146. The second kappa shape index (κ2) is 7.90. The van der Waals surface area contributed by atoms with Crippen LogP contribution in [0, 0.1) is 23.2 Å². The molecule has 152 valence electrons. The number of nitrogens with one attached hydrogen (secondary N) is 1. The summed E-state index contributed by atoms with van der Waals surface area (Å²) in [5.41, 5.74) is 2.94. The minimum absolute atomic E-state index is 0.000179. The lowest BCUT2D eigenvalue weighted by Crippen LogP contribution is -2.45. The van der Waals surface area contributed by atoms with E-state index in [0.717, 1.165) is 38.0 Å². The summed E-state index contributed by atoms with van der Waals surface area (Å²) in [7, 11) is 1.68. The normalized spacial score (nSPS) is 34.5. The first kappa shape index (κ1) is 19.5. The molecule has 1 N–H and O–H groups in total. The summed E-state index contributed by atoms with van der Waals surface area (Å²) in [5, 5.41) is 3.51. The van der Waals surface area contributed by atoms with Crippen LogP contribution >= 0.6 is 0 Å². The van der Waals surface area contributed by atoms with Gasteiger partial charge >= 0.3 is 5.97 Å². The summed E-state index contributed by atoms with van der Waals surface area (Å²) in [6, 6.07) is 8.17. The molecule has 5 unspecified atom stereocenters. The summed E-state index contributed by atoms with van der Waals surface area (Å²) in [5.74, 6) is 1.76. The average Bonchev–Trinajstić information content (AvgIpc) is 2.98. The molecule has 0 bridgehead atoms. The number of ether oxygens (including phenoxy) is 2. The van der Waals surface area contributed by atoms with Gasteiger partial charge in [-0.3, -0.25) is 4.79 Å². The Bertz CT molecular complexity index is 728. The minimum atomic E-state index is -0.0138. The highest BCUT2D eigenvalue weighted by atomic mass is 16.6. The summed E-state index contributed by atoms with van der Waals surface area (Å²) >= 11 is 0. The first-order chi connectivity index (χ1) is 13.5. The van der Waals surface area contributed by atoms with Crippen molar-refractivity contribution in [1.29, 1.82) is 0 Å². The minimum Gasteiger partial charge on any atom is -0.497 e. The summed E-state index contributed by atoms with van der Waals surface area (Å²) in [4.78, 5) is 12.6. The molecule has 0 spiro atoms. The van der Waals surface area contributed by atoms with E-state index >= 15 is 0 Å². The van der Waals surface area contributed by atoms with Crippen LogP contribution in [0.2, 0.25) is 0 Å². The lowest BCUT2D eigenvalue weighted by atomic mass is 9.55. The number of allylic oxidation sites excluding steroid dienone is 1. The van der Waals surface area contributed by atoms with Crippen molar-refractivity contribution in [3.05, 3.63) is 42.0 Å². The third-order valence-corrected chi connectivity index (χ3v) is 7.43. The van der Waals surface area contributed by atoms with E-state index in [1.54, 1.807) is 7.11 Å². The first-order valence-corrected chi connectivity index (χ1v) is 10.7. The van der Waals surface area contributed by atoms with Gasteiger partial charge in [0, 0.05) is 12.5 Å². The Morgan fingerprint density at radius 3 is 2.86 bits per heavy atom. The molecular formula is C24H33NO3. The number of esters is 1. The molecule has 4 rings (SSSR count). The van der Waals surface area contributed by atoms with Gasteiger partial charge in [0.2, 0.25) is 0 Å². The van der Waals surface area contributed by atoms with Crippen molar-refractivity contribution < 1.29 is 14.3 Å². The molecule has 3 fully saturated rings. The molecule has 4 heteroatoms. The van der Waals surface area contributed by atoms with Crippen LogP contribution in [0.4, 0.5) is 0 Å². The molecule has 1 aromatic rings. The van der Waals surface area contributed by atoms with E-state index in [0.29, 0.717) is 18.4 Å². The molecule has 5 atom stereocenters. The maximum atomic E-state index is 12.6. The second-order valence-electron chi connectivity index (χ2n) is 9.21. The Morgan fingerprint density at radius 1 is 1.32 bits per heavy atom. The number of hydrogen-bond acceptors (Lipinski definition) is 4. The zero-order valence-corrected chi connectivity index (χ0v) is 17.2. The molecule has 2 saturated carbocycles. The molecule has 1 aliphatic heterocycles. The van der Waals surface area contributed by atoms with Crippen LogP contribution in [-0.4, -0.2) is 32.3 Å². The molecule has 0 amide bonds. The fourth-order valence-corrected chi connectivity index (χ4v) is 5.77. The number of fused-ring (bicyclic) bond motifs is 2. The summed E-state index contributed by atoms with van der Waals surface area (Å²) < 4.78 is 11.0. The number of carbonyl (C=O) groups excluding carboxylic acids is 1. The van der Waals surface area contributed by atoms with Gasteiger partial charge in [-0.2, -0.15) is 0 Å². The third-order valence-electron chi connectivity index (χ3n) is 7.43. The van der Waals surface area contributed by atoms with Crippen LogP contribution in [0.5, 0.6) is 5.75 Å². The average molecular weight is 384 g/mol. The number of rotatable bonds is 6. The Morgan fingerprint density at radius 2 is 2.11 bits per heavy atom. The maximum Gasteiger partial charge on any atom is 0.310 e. The third kappa shape index (κ3) is 3.71. The topological polar surface area (TPSA) is 47.6 Å². The molecule has 1 heterocycles. The fourth-order valence-electron chi connectivity index (χ4n) is 5.77. The van der Waals surface area contributed by atoms with Crippen LogP contribution < -0.4 is 10.1 Å². The first-order valence-electron chi connectivity index (χ1n) is 10.7. The quantitative estimate of drug-likeness (QED) is 0.456. The Kier molecular flexibility index (Phi) is 5.50. The smallest absolute Gasteiger partial charge is 0.310 e. The van der Waals surface area contributed by atoms with Crippen LogP contribution in [0.3, 0.4) is 0 Å². The highest BCUT2D eigenvalue weighted by Gasteiger charge is 2.54. The molecule has 2 aliphatic carbocycles. The zero-order valence-electron chi connectivity index (χ0n) is 17.2. The van der Waals surface area contributed by atoms with E-state index in [2.05, 4.69) is 31.0 Å². The monoisotopic (exact) mass is 383 g/mol. The van der Waals surface area contributed by atoms with E-state index in [4.69, 9.17) is 9.47 Å². The van der Waals surface area contributed by atoms with E-state index in [9.17, 15) is 4.79 Å². The van der Waals surface area contributed by atoms with Gasteiger partial charge in [-0.05, 0) is 74.1 Å². The summed E-state index contributed by atoms with van der Waals surface area (Å²) in [6.07, 6.45) is 6.74. The molecule has 4 nitrogen and oxygen atoms in total. The van der Waals surface area contributed by atoms with Gasteiger partial charge in [-0.25, -0.2) is 0 Å². The van der Waals surface area contributed by atoms with Crippen molar-refractivity contribution in [2.45, 2.75) is 51.6 Å². The molecule has 1 aromatic carbocycles. The van der Waals surface area contributed by atoms with Gasteiger partial charge in [0.1, 0.15) is 11.9 Å². The van der Waals surface area contributed by atoms with Crippen molar-refractivity contribution >= 4 is 5.97 Å². The predicted octanol–water partition coefficient (Wildman–Crippen LogP) is 4.14. The van der Waals surface area contributed by atoms with Crippen LogP contribution in [0.15, 0.2) is 36.4 Å². The van der Waals surface area contributed by atoms with E-state index < -0.39 is 0 Å². The van der Waals surface area contributed by atoms with Crippen molar-refractivity contribution in [3.8, 4) is 5.75 Å². The summed E-state index contributed by atoms with van der Waals surface area (Å²) in [6.45, 7) is 8.33. The van der Waals surface area contributed by atoms with Crippen LogP contribution in [-0.2, 0) is 16.0 Å². The maximum absolute atomic E-state index is 12.6. The molecule has 1 saturated heterocycles. The number of hydrogen-bond donors (Lipinski definition) is 1. The van der Waals surface area contributed by atoms with Gasteiger partial charge in [-0.1, -0.05) is 31.2 Å². The fraction of sp³-hybridized carbons (Fsp3) is 0.625. The Balaban J connectivity index is 1.32. The zero-order chi connectivity index (χ0) is 19.7. The largest absolute Gasteiger partial charge is 0.497 e. The van der Waals surface area contributed by atoms with Gasteiger partial charge in [0.05, 0.1) is 13.0 Å². The second-order valence-corrected chi connectivity index (χ2v) is 9.21. The molecule has 0 radical (unpaired) electrons. The van der Waals surface area contributed by atoms with Gasteiger partial charge in [-0.15, -0.1) is 0 Å². The van der Waals surface area contributed by atoms with E-state index in [1.807, 2.05) is 12.1 Å². The Hall–Kier alpha value is -1.81. The van der Waals surface area contributed by atoms with Crippen molar-refractivity contribution in [1.82, 2.24) is 5.32 Å². The van der Waals surface area contributed by atoms with Crippen LogP contribution in [0.1, 0.15) is 44.6 Å². The number of methoxy groups -OCH3 is 1. The highest BCUT2D eigenvalue weighted by molar-refractivity contribution is 5.75. The standard InChI is InChI=1S/C24H33NO3/c1-16-5-4-11-24(2)14-22-19(13-21(16)24)20(23(26)28-22)15-25-12-10-17-6-8-18(27-3)9-7-17/h6-9,19-22,25H,1,4-5,10-15H2,2-3H3. The van der Waals surface area contributed by atoms with E-state index in [-0.39, 0.29) is 23.4 Å². The molecule has 3 aliphatic rings. The van der Waals surface area contributed by atoms with Crippen molar-refractivity contribution in [2.75, 3.05) is 20.2 Å². The number of benzene rings is 1. The van der Waals surface area contributed by atoms with Crippen LogP contribution in [0.25, 0.3) is 0 Å². The van der Waals surface area contributed by atoms with Crippen molar-refractivity contribution in [2.24, 2.45) is 23.2 Å². The van der Waals surface area contributed by atoms with Gasteiger partial charge in [0.25, 0.3) is 0 Å². The Labute approximate surface area is 168 Å². The lowest BCUT2D eigenvalue weighted by Gasteiger charge is -2.50. The number of carbonyl (C=O) groups is 1.